The smallest absolute Gasteiger partial charge is 0.320 e. The van der Waals surface area contributed by atoms with Crippen LogP contribution in [0.3, 0.4) is 0 Å². The minimum Gasteiger partial charge on any atom is -0.480 e. The molecule has 0 amide bonds. The summed E-state index contributed by atoms with van der Waals surface area (Å²) in [5.74, 6) is -2.36. The number of nitrogens with two attached hydrogens (primary N) is 3. The second-order valence-corrected chi connectivity index (χ2v) is 7.46. The van der Waals surface area contributed by atoms with Gasteiger partial charge in [0, 0.05) is 0 Å². The molecule has 0 radical (unpaired) electrons. The standard InChI is InChI=1S/C9H11NO2.2C6H13NO2/c10-8(9(11)12)6-7-4-2-1-3-5-7;1-4(2)3-5(7)6(8)9;1-3-4(2)5(7)6(8)9/h1-5,8H,6,10H2,(H,11,12);2*4-5H,3,7H2,1-2H3,(H,8,9)/t8-;5-;4?,5-/m000/s1. The van der Waals surface area contributed by atoms with Crippen LogP contribution in [0.5, 0.6) is 0 Å². The molecule has 0 heterocycles. The summed E-state index contributed by atoms with van der Waals surface area (Å²) >= 11 is 0. The van der Waals surface area contributed by atoms with Crippen LogP contribution in [0, 0.1) is 11.8 Å². The van der Waals surface area contributed by atoms with Gasteiger partial charge in [0.2, 0.25) is 0 Å². The van der Waals surface area contributed by atoms with Gasteiger partial charge in [0.05, 0.1) is 0 Å². The van der Waals surface area contributed by atoms with Crippen molar-refractivity contribution in [3.8, 4) is 0 Å². The minimum absolute atomic E-state index is 0.0718. The van der Waals surface area contributed by atoms with Crippen molar-refractivity contribution in [1.82, 2.24) is 0 Å². The molecule has 1 aromatic carbocycles. The monoisotopic (exact) mass is 427 g/mol. The Morgan fingerprint density at radius 2 is 1.30 bits per heavy atom. The summed E-state index contributed by atoms with van der Waals surface area (Å²) < 4.78 is 0. The van der Waals surface area contributed by atoms with E-state index in [0.717, 1.165) is 12.0 Å². The maximum Gasteiger partial charge on any atom is 0.320 e. The number of rotatable bonds is 9. The lowest BCUT2D eigenvalue weighted by Gasteiger charge is -2.11. The number of carboxylic acids is 3. The zero-order valence-electron chi connectivity index (χ0n) is 18.2. The average Bonchev–Trinajstić information content (AvgIpc) is 2.67. The molecule has 0 bridgehead atoms. The number of aliphatic carboxylic acids is 3. The molecule has 4 atom stereocenters. The Labute approximate surface area is 178 Å². The fourth-order valence-corrected chi connectivity index (χ4v) is 2.06. The Kier molecular flexibility index (Phi) is 16.2. The Hall–Kier alpha value is -2.49. The number of carbonyl (C=O) groups is 3. The summed E-state index contributed by atoms with van der Waals surface area (Å²) in [4.78, 5) is 30.7. The first-order valence-electron chi connectivity index (χ1n) is 9.82. The van der Waals surface area contributed by atoms with Crippen LogP contribution in [0.1, 0.15) is 46.1 Å². The molecular weight excluding hydrogens is 390 g/mol. The van der Waals surface area contributed by atoms with Crippen LogP contribution < -0.4 is 17.2 Å². The third-order valence-corrected chi connectivity index (χ3v) is 4.20. The molecule has 0 spiro atoms. The van der Waals surface area contributed by atoms with E-state index in [1.807, 2.05) is 58.0 Å². The lowest BCUT2D eigenvalue weighted by Crippen LogP contribution is -2.36. The molecule has 0 aliphatic heterocycles. The van der Waals surface area contributed by atoms with Crippen LogP contribution in [0.15, 0.2) is 30.3 Å². The van der Waals surface area contributed by atoms with Crippen molar-refractivity contribution in [1.29, 1.82) is 0 Å². The maximum absolute atomic E-state index is 10.4. The van der Waals surface area contributed by atoms with E-state index in [2.05, 4.69) is 0 Å². The molecule has 1 rings (SSSR count). The molecule has 0 aliphatic rings. The first kappa shape index (κ1) is 29.7. The Bertz CT molecular complexity index is 624. The van der Waals surface area contributed by atoms with E-state index in [9.17, 15) is 14.4 Å². The molecule has 0 aromatic heterocycles. The summed E-state index contributed by atoms with van der Waals surface area (Å²) in [6.07, 6.45) is 1.75. The number of hydrogen-bond acceptors (Lipinski definition) is 6. The predicted octanol–water partition coefficient (Wildman–Crippen LogP) is 1.53. The van der Waals surface area contributed by atoms with E-state index in [-0.39, 0.29) is 5.92 Å². The Balaban J connectivity index is 0. The molecule has 0 saturated heterocycles. The highest BCUT2D eigenvalue weighted by Crippen LogP contribution is 2.04. The van der Waals surface area contributed by atoms with Crippen LogP contribution in [0.4, 0.5) is 0 Å². The van der Waals surface area contributed by atoms with Crippen LogP contribution >= 0.6 is 0 Å². The average molecular weight is 428 g/mol. The van der Waals surface area contributed by atoms with Gasteiger partial charge in [-0.3, -0.25) is 14.4 Å². The molecule has 0 fully saturated rings. The van der Waals surface area contributed by atoms with Gasteiger partial charge in [-0.05, 0) is 30.2 Å². The van der Waals surface area contributed by atoms with Crippen molar-refractivity contribution in [3.63, 3.8) is 0 Å². The van der Waals surface area contributed by atoms with Crippen LogP contribution in [-0.2, 0) is 20.8 Å². The van der Waals surface area contributed by atoms with E-state index < -0.39 is 36.0 Å². The van der Waals surface area contributed by atoms with Crippen LogP contribution in [-0.4, -0.2) is 51.4 Å². The summed E-state index contributed by atoms with van der Waals surface area (Å²) in [5, 5.41) is 25.2. The molecule has 0 aliphatic carbocycles. The summed E-state index contributed by atoms with van der Waals surface area (Å²) in [5.41, 5.74) is 16.8. The van der Waals surface area contributed by atoms with Gasteiger partial charge in [-0.15, -0.1) is 0 Å². The quantitative estimate of drug-likeness (QED) is 0.339. The fraction of sp³-hybridized carbons (Fsp3) is 0.571. The zero-order chi connectivity index (χ0) is 23.9. The van der Waals surface area contributed by atoms with Gasteiger partial charge in [0.15, 0.2) is 0 Å². The SMILES string of the molecule is CC(C)C[C@H](N)C(=O)O.CCC(C)[C@H](N)C(=O)O.N[C@@H](Cc1ccccc1)C(=O)O. The fourth-order valence-electron chi connectivity index (χ4n) is 2.06. The molecule has 9 heteroatoms. The van der Waals surface area contributed by atoms with Crippen LogP contribution in [0.2, 0.25) is 0 Å². The van der Waals surface area contributed by atoms with Crippen LogP contribution in [0.25, 0.3) is 0 Å². The predicted molar refractivity (Wildman–Crippen MR) is 116 cm³/mol. The molecule has 0 saturated carbocycles. The van der Waals surface area contributed by atoms with E-state index in [4.69, 9.17) is 32.5 Å². The highest BCUT2D eigenvalue weighted by molar-refractivity contribution is 5.74. The third-order valence-electron chi connectivity index (χ3n) is 4.20. The minimum atomic E-state index is -0.959. The molecule has 1 aromatic rings. The second-order valence-electron chi connectivity index (χ2n) is 7.46. The van der Waals surface area contributed by atoms with E-state index >= 15 is 0 Å². The highest BCUT2D eigenvalue weighted by Gasteiger charge is 2.17. The highest BCUT2D eigenvalue weighted by atomic mass is 16.4. The second kappa shape index (κ2) is 16.3. The number of carboxylic acid groups (broad SMARTS) is 3. The first-order valence-corrected chi connectivity index (χ1v) is 9.82. The largest absolute Gasteiger partial charge is 0.480 e. The molecule has 1 unspecified atom stereocenters. The maximum atomic E-state index is 10.4. The summed E-state index contributed by atoms with van der Waals surface area (Å²) in [6.45, 7) is 7.65. The van der Waals surface area contributed by atoms with Crippen molar-refractivity contribution in [2.75, 3.05) is 0 Å². The van der Waals surface area contributed by atoms with Crippen molar-refractivity contribution in [3.05, 3.63) is 35.9 Å². The van der Waals surface area contributed by atoms with Crippen molar-refractivity contribution >= 4 is 17.9 Å². The van der Waals surface area contributed by atoms with Gasteiger partial charge in [-0.2, -0.15) is 0 Å². The number of hydrogen-bond donors (Lipinski definition) is 6. The first-order chi connectivity index (χ1) is 13.8. The molecular formula is C21H37N3O6. The lowest BCUT2D eigenvalue weighted by molar-refractivity contribution is -0.140. The van der Waals surface area contributed by atoms with Gasteiger partial charge in [0.25, 0.3) is 0 Å². The van der Waals surface area contributed by atoms with Crippen molar-refractivity contribution in [2.45, 2.75) is 65.1 Å². The molecule has 30 heavy (non-hydrogen) atoms. The zero-order valence-corrected chi connectivity index (χ0v) is 18.2. The lowest BCUT2D eigenvalue weighted by atomic mass is 10.0. The third kappa shape index (κ3) is 15.4. The number of benzene rings is 1. The molecule has 172 valence electrons. The van der Waals surface area contributed by atoms with Gasteiger partial charge in [0.1, 0.15) is 18.1 Å². The summed E-state index contributed by atoms with van der Waals surface area (Å²) in [6, 6.07) is 7.15. The van der Waals surface area contributed by atoms with E-state index in [0.29, 0.717) is 18.8 Å². The van der Waals surface area contributed by atoms with Gasteiger partial charge >= 0.3 is 17.9 Å². The molecule has 9 nitrogen and oxygen atoms in total. The normalized spacial score (nSPS) is 14.1. The van der Waals surface area contributed by atoms with Gasteiger partial charge < -0.3 is 32.5 Å². The van der Waals surface area contributed by atoms with E-state index in [1.54, 1.807) is 0 Å². The van der Waals surface area contributed by atoms with Crippen molar-refractivity contribution < 1.29 is 29.7 Å². The van der Waals surface area contributed by atoms with E-state index in [1.165, 1.54) is 0 Å². The van der Waals surface area contributed by atoms with Gasteiger partial charge in [-0.1, -0.05) is 64.4 Å². The van der Waals surface area contributed by atoms with Gasteiger partial charge in [-0.25, -0.2) is 0 Å². The Morgan fingerprint density at radius 1 is 0.833 bits per heavy atom. The van der Waals surface area contributed by atoms with Crippen molar-refractivity contribution in [2.24, 2.45) is 29.0 Å². The topological polar surface area (TPSA) is 190 Å². The summed E-state index contributed by atoms with van der Waals surface area (Å²) in [7, 11) is 0. The Morgan fingerprint density at radius 3 is 1.57 bits per heavy atom. The molecule has 9 N–H and O–H groups in total.